The van der Waals surface area contributed by atoms with Crippen LogP contribution in [-0.4, -0.2) is 4.98 Å². The number of hydrogen-bond donors (Lipinski definition) is 1. The molecule has 0 amide bonds. The molecule has 0 radical (unpaired) electrons. The van der Waals surface area contributed by atoms with Crippen molar-refractivity contribution in [3.63, 3.8) is 0 Å². The number of anilines is 2. The minimum atomic E-state index is 0.770. The second-order valence-electron chi connectivity index (χ2n) is 2.93. The van der Waals surface area contributed by atoms with E-state index in [1.54, 1.807) is 17.5 Å². The number of halogens is 1. The largest absolute Gasteiger partial charge is 0.332 e. The average Bonchev–Trinajstić information content (AvgIpc) is 2.64. The molecule has 0 aliphatic heterocycles. The molecular weight excluding hydrogens is 216 g/mol. The lowest BCUT2D eigenvalue weighted by molar-refractivity contribution is 1.38. The summed E-state index contributed by atoms with van der Waals surface area (Å²) in [4.78, 5) is 4.13. The van der Waals surface area contributed by atoms with E-state index in [1.165, 1.54) is 0 Å². The van der Waals surface area contributed by atoms with Crippen LogP contribution in [0.15, 0.2) is 29.8 Å². The lowest BCUT2D eigenvalue weighted by Crippen LogP contribution is -1.89. The molecule has 72 valence electrons. The molecule has 1 aromatic carbocycles. The Morgan fingerprint density at radius 2 is 2.29 bits per heavy atom. The Hall–Kier alpha value is -1.06. The van der Waals surface area contributed by atoms with Crippen molar-refractivity contribution in [2.45, 2.75) is 6.92 Å². The fourth-order valence-electron chi connectivity index (χ4n) is 1.08. The maximum Gasteiger partial charge on any atom is 0.187 e. The van der Waals surface area contributed by atoms with Gasteiger partial charge in [0, 0.05) is 22.3 Å². The molecule has 2 aromatic rings. The molecule has 4 heteroatoms. The van der Waals surface area contributed by atoms with Crippen molar-refractivity contribution in [1.82, 2.24) is 4.98 Å². The van der Waals surface area contributed by atoms with Gasteiger partial charge in [0.1, 0.15) is 0 Å². The summed E-state index contributed by atoms with van der Waals surface area (Å²) in [6.07, 6.45) is 1.77. The number of benzene rings is 1. The Morgan fingerprint density at radius 1 is 1.43 bits per heavy atom. The van der Waals surface area contributed by atoms with Crippen molar-refractivity contribution in [3.8, 4) is 0 Å². The van der Waals surface area contributed by atoms with Crippen LogP contribution in [0.3, 0.4) is 0 Å². The predicted molar refractivity (Wildman–Crippen MR) is 61.6 cm³/mol. The summed E-state index contributed by atoms with van der Waals surface area (Å²) < 4.78 is 0. The van der Waals surface area contributed by atoms with Gasteiger partial charge in [-0.2, -0.15) is 0 Å². The molecule has 0 fully saturated rings. The zero-order chi connectivity index (χ0) is 9.97. The van der Waals surface area contributed by atoms with Crippen LogP contribution in [0.2, 0.25) is 5.02 Å². The molecule has 14 heavy (non-hydrogen) atoms. The van der Waals surface area contributed by atoms with Crippen molar-refractivity contribution < 1.29 is 0 Å². The third-order valence-electron chi connectivity index (χ3n) is 1.86. The second kappa shape index (κ2) is 3.98. The van der Waals surface area contributed by atoms with Crippen LogP contribution in [0, 0.1) is 6.92 Å². The first-order chi connectivity index (χ1) is 6.75. The van der Waals surface area contributed by atoms with E-state index in [2.05, 4.69) is 10.3 Å². The highest BCUT2D eigenvalue weighted by atomic mass is 35.5. The highest BCUT2D eigenvalue weighted by Crippen LogP contribution is 2.23. The first kappa shape index (κ1) is 9.49. The first-order valence-electron chi connectivity index (χ1n) is 4.18. The van der Waals surface area contributed by atoms with E-state index >= 15 is 0 Å². The molecule has 0 bridgehead atoms. The van der Waals surface area contributed by atoms with Gasteiger partial charge < -0.3 is 5.32 Å². The molecule has 0 aliphatic rings. The molecule has 1 heterocycles. The molecule has 0 spiro atoms. The smallest absolute Gasteiger partial charge is 0.187 e. The van der Waals surface area contributed by atoms with Crippen LogP contribution in [-0.2, 0) is 0 Å². The summed E-state index contributed by atoms with van der Waals surface area (Å²) in [5, 5.41) is 6.75. The Morgan fingerprint density at radius 3 is 2.93 bits per heavy atom. The summed E-state index contributed by atoms with van der Waals surface area (Å²) >= 11 is 7.56. The monoisotopic (exact) mass is 224 g/mol. The zero-order valence-electron chi connectivity index (χ0n) is 7.62. The molecule has 2 rings (SSSR count). The van der Waals surface area contributed by atoms with Crippen LogP contribution in [0.5, 0.6) is 0 Å². The minimum absolute atomic E-state index is 0.770. The van der Waals surface area contributed by atoms with Crippen molar-refractivity contribution in [3.05, 3.63) is 40.4 Å². The lowest BCUT2D eigenvalue weighted by Gasteiger charge is -2.04. The Labute approximate surface area is 91.6 Å². The molecule has 0 unspecified atom stereocenters. The van der Waals surface area contributed by atoms with Crippen LogP contribution >= 0.6 is 22.9 Å². The van der Waals surface area contributed by atoms with Gasteiger partial charge in [0.25, 0.3) is 0 Å². The molecule has 1 N–H and O–H groups in total. The van der Waals surface area contributed by atoms with Gasteiger partial charge in [0.2, 0.25) is 0 Å². The summed E-state index contributed by atoms with van der Waals surface area (Å²) in [7, 11) is 0. The van der Waals surface area contributed by atoms with E-state index in [9.17, 15) is 0 Å². The molecule has 1 aromatic heterocycles. The summed E-state index contributed by atoms with van der Waals surface area (Å²) in [5.41, 5.74) is 2.05. The van der Waals surface area contributed by atoms with E-state index in [0.29, 0.717) is 0 Å². The van der Waals surface area contributed by atoms with Gasteiger partial charge in [-0.25, -0.2) is 4.98 Å². The average molecular weight is 225 g/mol. The van der Waals surface area contributed by atoms with E-state index < -0.39 is 0 Å². The number of nitrogens with one attached hydrogen (secondary N) is 1. The normalized spacial score (nSPS) is 10.1. The fourth-order valence-corrected chi connectivity index (χ4v) is 1.81. The third kappa shape index (κ3) is 2.05. The molecule has 0 atom stereocenters. The number of nitrogens with zero attached hydrogens (tertiary/aromatic N) is 1. The van der Waals surface area contributed by atoms with Crippen LogP contribution in [0.4, 0.5) is 10.8 Å². The summed E-state index contributed by atoms with van der Waals surface area (Å²) in [6, 6.07) is 5.87. The van der Waals surface area contributed by atoms with Gasteiger partial charge >= 0.3 is 0 Å². The first-order valence-corrected chi connectivity index (χ1v) is 5.44. The van der Waals surface area contributed by atoms with E-state index in [-0.39, 0.29) is 0 Å². The Bertz CT molecular complexity index is 426. The van der Waals surface area contributed by atoms with Gasteiger partial charge in [0.05, 0.1) is 0 Å². The Kier molecular flexibility index (Phi) is 2.70. The van der Waals surface area contributed by atoms with Crippen molar-refractivity contribution in [2.24, 2.45) is 0 Å². The fraction of sp³-hybridized carbons (Fsp3) is 0.100. The van der Waals surface area contributed by atoms with Crippen LogP contribution in [0.1, 0.15) is 5.56 Å². The van der Waals surface area contributed by atoms with Gasteiger partial charge in [-0.15, -0.1) is 11.3 Å². The van der Waals surface area contributed by atoms with Gasteiger partial charge in [-0.1, -0.05) is 17.7 Å². The Balaban J connectivity index is 2.22. The van der Waals surface area contributed by atoms with Crippen molar-refractivity contribution in [2.75, 3.05) is 5.32 Å². The number of thiazole rings is 1. The SMILES string of the molecule is Cc1ccc(Nc2nccs2)cc1Cl. The molecule has 0 aliphatic carbocycles. The minimum Gasteiger partial charge on any atom is -0.332 e. The molecule has 0 saturated carbocycles. The molecule has 0 saturated heterocycles. The molecular formula is C10H9ClN2S. The standard InChI is InChI=1S/C10H9ClN2S/c1-7-2-3-8(6-9(7)11)13-10-12-4-5-14-10/h2-6H,1H3,(H,12,13). The summed E-state index contributed by atoms with van der Waals surface area (Å²) in [6.45, 7) is 1.98. The van der Waals surface area contributed by atoms with Gasteiger partial charge in [-0.05, 0) is 24.6 Å². The van der Waals surface area contributed by atoms with Gasteiger partial charge in [-0.3, -0.25) is 0 Å². The predicted octanol–water partition coefficient (Wildman–Crippen LogP) is 3.85. The van der Waals surface area contributed by atoms with E-state index in [1.807, 2.05) is 30.5 Å². The van der Waals surface area contributed by atoms with Crippen LogP contribution in [0.25, 0.3) is 0 Å². The highest BCUT2D eigenvalue weighted by Gasteiger charge is 1.99. The lowest BCUT2D eigenvalue weighted by atomic mass is 10.2. The molecule has 2 nitrogen and oxygen atoms in total. The number of hydrogen-bond acceptors (Lipinski definition) is 3. The van der Waals surface area contributed by atoms with Crippen molar-refractivity contribution in [1.29, 1.82) is 0 Å². The second-order valence-corrected chi connectivity index (χ2v) is 4.23. The van der Waals surface area contributed by atoms with E-state index in [0.717, 1.165) is 21.4 Å². The maximum absolute atomic E-state index is 6.00. The third-order valence-corrected chi connectivity index (χ3v) is 2.95. The number of rotatable bonds is 2. The number of aromatic nitrogens is 1. The zero-order valence-corrected chi connectivity index (χ0v) is 9.19. The highest BCUT2D eigenvalue weighted by molar-refractivity contribution is 7.13. The number of aryl methyl sites for hydroxylation is 1. The topological polar surface area (TPSA) is 24.9 Å². The van der Waals surface area contributed by atoms with E-state index in [4.69, 9.17) is 11.6 Å². The summed E-state index contributed by atoms with van der Waals surface area (Å²) in [5.74, 6) is 0. The van der Waals surface area contributed by atoms with Crippen LogP contribution < -0.4 is 5.32 Å². The quantitative estimate of drug-likeness (QED) is 0.838. The van der Waals surface area contributed by atoms with Crippen molar-refractivity contribution >= 4 is 33.8 Å². The van der Waals surface area contributed by atoms with Gasteiger partial charge in [0.15, 0.2) is 5.13 Å². The maximum atomic E-state index is 6.00.